The maximum atomic E-state index is 6.01. The number of benzene rings is 1. The molecule has 112 valence electrons. The number of nitrogens with two attached hydrogens (primary N) is 1. The molecule has 0 spiro atoms. The lowest BCUT2D eigenvalue weighted by Gasteiger charge is -2.11. The summed E-state index contributed by atoms with van der Waals surface area (Å²) in [5.74, 6) is 0.716. The first-order chi connectivity index (χ1) is 9.79. The standard InChI is InChI=1S/C19H31N/c1-2-3-4-5-6-7-8-16-9-11-17(12-10-16)18-13-14-19(20)15-18/h9-12,18-19H,2-8,13-15,20H2,1H3/t18-,19?/m1/s1. The summed E-state index contributed by atoms with van der Waals surface area (Å²) in [5, 5.41) is 0. The molecular weight excluding hydrogens is 242 g/mol. The van der Waals surface area contributed by atoms with Crippen LogP contribution >= 0.6 is 0 Å². The Morgan fingerprint density at radius 2 is 1.65 bits per heavy atom. The second kappa shape index (κ2) is 8.46. The fourth-order valence-corrected chi connectivity index (χ4v) is 3.39. The molecule has 1 nitrogen and oxygen atoms in total. The second-order valence-corrected chi connectivity index (χ2v) is 6.53. The van der Waals surface area contributed by atoms with Gasteiger partial charge in [-0.1, -0.05) is 63.3 Å². The van der Waals surface area contributed by atoms with Crippen LogP contribution in [0.15, 0.2) is 24.3 Å². The monoisotopic (exact) mass is 273 g/mol. The summed E-state index contributed by atoms with van der Waals surface area (Å²) in [6.45, 7) is 2.28. The van der Waals surface area contributed by atoms with E-state index in [0.717, 1.165) is 0 Å². The van der Waals surface area contributed by atoms with Gasteiger partial charge >= 0.3 is 0 Å². The third-order valence-corrected chi connectivity index (χ3v) is 4.74. The lowest BCUT2D eigenvalue weighted by atomic mass is 9.95. The van der Waals surface area contributed by atoms with E-state index in [9.17, 15) is 0 Å². The fourth-order valence-electron chi connectivity index (χ4n) is 3.39. The molecule has 0 aliphatic heterocycles. The molecule has 1 aromatic rings. The molecule has 20 heavy (non-hydrogen) atoms. The van der Waals surface area contributed by atoms with Crippen molar-refractivity contribution in [2.45, 2.75) is 83.1 Å². The molecule has 0 saturated heterocycles. The Kier molecular flexibility index (Phi) is 6.59. The van der Waals surface area contributed by atoms with Crippen LogP contribution in [0.4, 0.5) is 0 Å². The first-order valence-electron chi connectivity index (χ1n) is 8.64. The predicted octanol–water partition coefficient (Wildman–Crippen LogP) is 5.18. The van der Waals surface area contributed by atoms with E-state index in [1.165, 1.54) is 75.3 Å². The number of rotatable bonds is 8. The van der Waals surface area contributed by atoms with Crippen LogP contribution < -0.4 is 5.73 Å². The normalized spacial score (nSPS) is 22.3. The van der Waals surface area contributed by atoms with Crippen molar-refractivity contribution in [2.24, 2.45) is 5.73 Å². The molecular formula is C19H31N. The number of hydrogen-bond donors (Lipinski definition) is 1. The van der Waals surface area contributed by atoms with Gasteiger partial charge in [-0.25, -0.2) is 0 Å². The number of aryl methyl sites for hydroxylation is 1. The summed E-state index contributed by atoms with van der Waals surface area (Å²) in [6.07, 6.45) is 13.2. The molecule has 0 amide bonds. The van der Waals surface area contributed by atoms with Crippen LogP contribution in [-0.2, 0) is 6.42 Å². The van der Waals surface area contributed by atoms with Gasteiger partial charge in [-0.2, -0.15) is 0 Å². The zero-order valence-corrected chi connectivity index (χ0v) is 13.1. The lowest BCUT2D eigenvalue weighted by molar-refractivity contribution is 0.607. The molecule has 1 unspecified atom stereocenters. The van der Waals surface area contributed by atoms with E-state index in [1.807, 2.05) is 0 Å². The first-order valence-corrected chi connectivity index (χ1v) is 8.64. The van der Waals surface area contributed by atoms with Crippen molar-refractivity contribution in [3.05, 3.63) is 35.4 Å². The van der Waals surface area contributed by atoms with Gasteiger partial charge in [0.2, 0.25) is 0 Å². The van der Waals surface area contributed by atoms with Crippen molar-refractivity contribution in [2.75, 3.05) is 0 Å². The highest BCUT2D eigenvalue weighted by molar-refractivity contribution is 5.26. The number of unbranched alkanes of at least 4 members (excludes halogenated alkanes) is 5. The lowest BCUT2D eigenvalue weighted by Crippen LogP contribution is -2.14. The van der Waals surface area contributed by atoms with Gasteiger partial charge in [0.25, 0.3) is 0 Å². The molecule has 1 aliphatic carbocycles. The Morgan fingerprint density at radius 1 is 0.950 bits per heavy atom. The third-order valence-electron chi connectivity index (χ3n) is 4.74. The van der Waals surface area contributed by atoms with Crippen LogP contribution in [0.2, 0.25) is 0 Å². The van der Waals surface area contributed by atoms with E-state index in [0.29, 0.717) is 12.0 Å². The van der Waals surface area contributed by atoms with Gasteiger partial charge in [0.15, 0.2) is 0 Å². The van der Waals surface area contributed by atoms with Gasteiger partial charge in [0, 0.05) is 6.04 Å². The molecule has 0 heterocycles. The SMILES string of the molecule is CCCCCCCCc1ccc([C@@H]2CCC(N)C2)cc1. The minimum atomic E-state index is 0.433. The Bertz CT molecular complexity index is 368. The minimum absolute atomic E-state index is 0.433. The molecule has 0 aromatic heterocycles. The average molecular weight is 273 g/mol. The van der Waals surface area contributed by atoms with E-state index in [2.05, 4.69) is 31.2 Å². The summed E-state index contributed by atoms with van der Waals surface area (Å²) >= 11 is 0. The fraction of sp³-hybridized carbons (Fsp3) is 0.684. The molecule has 2 N–H and O–H groups in total. The molecule has 1 fully saturated rings. The van der Waals surface area contributed by atoms with E-state index in [4.69, 9.17) is 5.73 Å². The molecule has 1 saturated carbocycles. The Morgan fingerprint density at radius 3 is 2.30 bits per heavy atom. The van der Waals surface area contributed by atoms with Gasteiger partial charge in [0.05, 0.1) is 0 Å². The van der Waals surface area contributed by atoms with Crippen molar-refractivity contribution < 1.29 is 0 Å². The van der Waals surface area contributed by atoms with E-state index < -0.39 is 0 Å². The topological polar surface area (TPSA) is 26.0 Å². The minimum Gasteiger partial charge on any atom is -0.328 e. The van der Waals surface area contributed by atoms with Crippen LogP contribution in [0.3, 0.4) is 0 Å². The largest absolute Gasteiger partial charge is 0.328 e. The van der Waals surface area contributed by atoms with E-state index in [-0.39, 0.29) is 0 Å². The van der Waals surface area contributed by atoms with Crippen LogP contribution in [0.1, 0.15) is 81.8 Å². The highest BCUT2D eigenvalue weighted by Crippen LogP contribution is 2.33. The molecule has 1 aromatic carbocycles. The van der Waals surface area contributed by atoms with Crippen molar-refractivity contribution in [1.29, 1.82) is 0 Å². The summed E-state index contributed by atoms with van der Waals surface area (Å²) in [5.41, 5.74) is 9.02. The van der Waals surface area contributed by atoms with E-state index in [1.54, 1.807) is 0 Å². The van der Waals surface area contributed by atoms with Gasteiger partial charge in [-0.05, 0) is 49.1 Å². The second-order valence-electron chi connectivity index (χ2n) is 6.53. The smallest absolute Gasteiger partial charge is 0.00448 e. The average Bonchev–Trinajstić information content (AvgIpc) is 2.90. The van der Waals surface area contributed by atoms with Gasteiger partial charge < -0.3 is 5.73 Å². The maximum absolute atomic E-state index is 6.01. The molecule has 0 radical (unpaired) electrons. The molecule has 1 heteroatoms. The zero-order valence-electron chi connectivity index (χ0n) is 13.1. The van der Waals surface area contributed by atoms with Crippen molar-refractivity contribution in [3.63, 3.8) is 0 Å². The van der Waals surface area contributed by atoms with Crippen LogP contribution in [0.5, 0.6) is 0 Å². The number of hydrogen-bond acceptors (Lipinski definition) is 1. The van der Waals surface area contributed by atoms with Gasteiger partial charge in [0.1, 0.15) is 0 Å². The summed E-state index contributed by atoms with van der Waals surface area (Å²) < 4.78 is 0. The summed E-state index contributed by atoms with van der Waals surface area (Å²) in [7, 11) is 0. The van der Waals surface area contributed by atoms with Crippen molar-refractivity contribution in [3.8, 4) is 0 Å². The van der Waals surface area contributed by atoms with Crippen LogP contribution in [0, 0.1) is 0 Å². The Balaban J connectivity index is 1.69. The molecule has 0 bridgehead atoms. The molecule has 1 aliphatic rings. The van der Waals surface area contributed by atoms with Gasteiger partial charge in [-0.3, -0.25) is 0 Å². The van der Waals surface area contributed by atoms with Crippen molar-refractivity contribution in [1.82, 2.24) is 0 Å². The van der Waals surface area contributed by atoms with Gasteiger partial charge in [-0.15, -0.1) is 0 Å². The van der Waals surface area contributed by atoms with Crippen molar-refractivity contribution >= 4 is 0 Å². The Labute approximate surface area is 125 Å². The van der Waals surface area contributed by atoms with Crippen LogP contribution in [0.25, 0.3) is 0 Å². The molecule has 2 rings (SSSR count). The summed E-state index contributed by atoms with van der Waals surface area (Å²) in [6, 6.07) is 9.79. The predicted molar refractivity (Wildman–Crippen MR) is 88.1 cm³/mol. The summed E-state index contributed by atoms with van der Waals surface area (Å²) in [4.78, 5) is 0. The quantitative estimate of drug-likeness (QED) is 0.648. The Hall–Kier alpha value is -0.820. The maximum Gasteiger partial charge on any atom is 0.00448 e. The molecule has 2 atom stereocenters. The first kappa shape index (κ1) is 15.6. The van der Waals surface area contributed by atoms with E-state index >= 15 is 0 Å². The van der Waals surface area contributed by atoms with Crippen LogP contribution in [-0.4, -0.2) is 6.04 Å². The highest BCUT2D eigenvalue weighted by atomic mass is 14.6. The highest BCUT2D eigenvalue weighted by Gasteiger charge is 2.22. The zero-order chi connectivity index (χ0) is 14.2. The third kappa shape index (κ3) is 4.94.